The van der Waals surface area contributed by atoms with Crippen LogP contribution in [0.15, 0.2) is 48.9 Å². The van der Waals surface area contributed by atoms with Gasteiger partial charge in [0.25, 0.3) is 0 Å². The molecule has 4 aromatic rings. The summed E-state index contributed by atoms with van der Waals surface area (Å²) in [4.78, 5) is 16.4. The zero-order valence-electron chi connectivity index (χ0n) is 16.8. The Kier molecular flexibility index (Phi) is 4.32. The number of hydrogen-bond donors (Lipinski definition) is 0. The maximum absolute atomic E-state index is 9.15. The highest BCUT2D eigenvalue weighted by molar-refractivity contribution is 5.90. The molecule has 0 atom stereocenters. The number of ether oxygens (including phenoxy) is 1. The van der Waals surface area contributed by atoms with Crippen molar-refractivity contribution in [1.82, 2.24) is 19.4 Å². The Bertz CT molecular complexity index is 1290. The molecule has 5 rings (SSSR count). The van der Waals surface area contributed by atoms with Gasteiger partial charge in [0.1, 0.15) is 5.82 Å². The van der Waals surface area contributed by atoms with Crippen molar-refractivity contribution < 1.29 is 4.74 Å². The predicted octanol–water partition coefficient (Wildman–Crippen LogP) is 3.72. The molecule has 0 aliphatic carbocycles. The normalized spacial score (nSPS) is 13.2. The van der Waals surface area contributed by atoms with Gasteiger partial charge in [-0.25, -0.2) is 9.97 Å². The average molecular weight is 396 g/mol. The van der Waals surface area contributed by atoms with Crippen LogP contribution in [0.3, 0.4) is 0 Å². The molecule has 4 heterocycles. The van der Waals surface area contributed by atoms with E-state index in [0.29, 0.717) is 11.6 Å². The number of rotatable bonds is 3. The lowest BCUT2D eigenvalue weighted by atomic mass is 9.97. The van der Waals surface area contributed by atoms with E-state index in [2.05, 4.69) is 29.1 Å². The molecule has 1 aliphatic rings. The van der Waals surface area contributed by atoms with Crippen molar-refractivity contribution >= 4 is 11.5 Å². The van der Waals surface area contributed by atoms with Crippen molar-refractivity contribution in [1.29, 1.82) is 5.26 Å². The molecular weight excluding hydrogens is 376 g/mol. The molecule has 0 saturated heterocycles. The van der Waals surface area contributed by atoms with Crippen LogP contribution in [0, 0.1) is 11.3 Å². The summed E-state index contributed by atoms with van der Waals surface area (Å²) in [5.74, 6) is 1.03. The van der Waals surface area contributed by atoms with Crippen molar-refractivity contribution in [2.24, 2.45) is 0 Å². The van der Waals surface area contributed by atoms with Crippen LogP contribution in [0.2, 0.25) is 0 Å². The minimum Gasteiger partial charge on any atom is -0.468 e. The highest BCUT2D eigenvalue weighted by Crippen LogP contribution is 2.37. The fourth-order valence-electron chi connectivity index (χ4n) is 4.06. The third kappa shape index (κ3) is 2.85. The van der Waals surface area contributed by atoms with Crippen molar-refractivity contribution in [3.63, 3.8) is 0 Å². The summed E-state index contributed by atoms with van der Waals surface area (Å²) in [6, 6.07) is 12.2. The zero-order chi connectivity index (χ0) is 20.7. The van der Waals surface area contributed by atoms with Crippen LogP contribution >= 0.6 is 0 Å². The van der Waals surface area contributed by atoms with Crippen molar-refractivity contribution in [2.45, 2.75) is 12.8 Å². The van der Waals surface area contributed by atoms with E-state index >= 15 is 0 Å². The van der Waals surface area contributed by atoms with Gasteiger partial charge in [-0.3, -0.25) is 4.40 Å². The summed E-state index contributed by atoms with van der Waals surface area (Å²) < 4.78 is 7.37. The number of hydrogen-bond acceptors (Lipinski definition) is 6. The number of imidazole rings is 1. The van der Waals surface area contributed by atoms with E-state index in [-0.39, 0.29) is 0 Å². The van der Waals surface area contributed by atoms with Gasteiger partial charge in [0.2, 0.25) is 0 Å². The Hall–Kier alpha value is -3.92. The van der Waals surface area contributed by atoms with Crippen LogP contribution in [0.1, 0.15) is 17.5 Å². The summed E-state index contributed by atoms with van der Waals surface area (Å²) >= 11 is 0. The second-order valence-electron chi connectivity index (χ2n) is 7.36. The SMILES string of the molecule is COc1nc(-c2ccc(C#N)cc2)c(-c2cnc3c(c2)CCCN3C)c2nccn12. The van der Waals surface area contributed by atoms with Gasteiger partial charge in [-0.1, -0.05) is 12.1 Å². The monoisotopic (exact) mass is 396 g/mol. The van der Waals surface area contributed by atoms with Gasteiger partial charge in [0, 0.05) is 43.3 Å². The number of nitrogens with zero attached hydrogens (tertiary/aromatic N) is 6. The molecule has 1 aromatic carbocycles. The summed E-state index contributed by atoms with van der Waals surface area (Å²) in [5, 5.41) is 9.15. The van der Waals surface area contributed by atoms with Gasteiger partial charge in [0.05, 0.1) is 30.0 Å². The topological polar surface area (TPSA) is 79.3 Å². The second kappa shape index (κ2) is 7.16. The van der Waals surface area contributed by atoms with Crippen LogP contribution in [-0.2, 0) is 6.42 Å². The average Bonchev–Trinajstić information content (AvgIpc) is 3.28. The molecule has 0 amide bonds. The molecule has 0 N–H and O–H groups in total. The van der Waals surface area contributed by atoms with Gasteiger partial charge in [0.15, 0.2) is 5.65 Å². The Morgan fingerprint density at radius 2 is 1.97 bits per heavy atom. The molecule has 0 fully saturated rings. The van der Waals surface area contributed by atoms with Gasteiger partial charge in [-0.05, 0) is 36.6 Å². The van der Waals surface area contributed by atoms with Crippen LogP contribution in [0.4, 0.5) is 5.82 Å². The number of nitriles is 1. The second-order valence-corrected chi connectivity index (χ2v) is 7.36. The minimum atomic E-state index is 0.455. The van der Waals surface area contributed by atoms with Crippen molar-refractivity contribution in [3.05, 3.63) is 60.0 Å². The van der Waals surface area contributed by atoms with E-state index in [1.165, 1.54) is 5.56 Å². The lowest BCUT2D eigenvalue weighted by molar-refractivity contribution is 0.375. The third-order valence-electron chi connectivity index (χ3n) is 5.52. The number of benzene rings is 1. The number of aryl methyl sites for hydroxylation is 1. The zero-order valence-corrected chi connectivity index (χ0v) is 16.8. The smallest absolute Gasteiger partial charge is 0.302 e. The van der Waals surface area contributed by atoms with Gasteiger partial charge in [-0.2, -0.15) is 10.2 Å². The summed E-state index contributed by atoms with van der Waals surface area (Å²) in [5.41, 5.74) is 6.10. The molecule has 3 aromatic heterocycles. The van der Waals surface area contributed by atoms with Gasteiger partial charge in [-0.15, -0.1) is 0 Å². The Morgan fingerprint density at radius 1 is 1.13 bits per heavy atom. The largest absolute Gasteiger partial charge is 0.468 e. The van der Waals surface area contributed by atoms with Crippen LogP contribution < -0.4 is 9.64 Å². The quantitative estimate of drug-likeness (QED) is 0.525. The van der Waals surface area contributed by atoms with Crippen molar-refractivity contribution in [3.8, 4) is 34.5 Å². The lowest BCUT2D eigenvalue weighted by Gasteiger charge is -2.26. The van der Waals surface area contributed by atoms with E-state index in [1.807, 2.05) is 28.9 Å². The summed E-state index contributed by atoms with van der Waals surface area (Å²) in [7, 11) is 3.68. The molecule has 0 unspecified atom stereocenters. The molecule has 148 valence electrons. The molecule has 0 bridgehead atoms. The molecule has 0 spiro atoms. The maximum atomic E-state index is 9.15. The van der Waals surface area contributed by atoms with Crippen LogP contribution in [0.25, 0.3) is 28.0 Å². The van der Waals surface area contributed by atoms with Crippen molar-refractivity contribution in [2.75, 3.05) is 25.6 Å². The van der Waals surface area contributed by atoms with E-state index in [0.717, 1.165) is 53.2 Å². The standard InChI is InChI=1S/C23H20N6O/c1-28-10-3-4-17-12-18(14-26-21(17)28)19-20(16-7-5-15(13-24)6-8-16)27-23(30-2)29-11-9-25-22(19)29/h5-9,11-12,14H,3-4,10H2,1-2H3. The highest BCUT2D eigenvalue weighted by Gasteiger charge is 2.22. The first kappa shape index (κ1) is 18.1. The van der Waals surface area contributed by atoms with Gasteiger partial charge >= 0.3 is 6.01 Å². The lowest BCUT2D eigenvalue weighted by Crippen LogP contribution is -2.25. The first-order valence-corrected chi connectivity index (χ1v) is 9.81. The highest BCUT2D eigenvalue weighted by atomic mass is 16.5. The Labute approximate surface area is 174 Å². The minimum absolute atomic E-state index is 0.455. The van der Waals surface area contributed by atoms with Gasteiger partial charge < -0.3 is 9.64 Å². The number of methoxy groups -OCH3 is 1. The number of aromatic nitrogens is 4. The van der Waals surface area contributed by atoms with E-state index in [1.54, 1.807) is 25.4 Å². The number of pyridine rings is 1. The van der Waals surface area contributed by atoms with E-state index in [4.69, 9.17) is 20.0 Å². The molecule has 30 heavy (non-hydrogen) atoms. The summed E-state index contributed by atoms with van der Waals surface area (Å²) in [6.45, 7) is 1.02. The first-order valence-electron chi connectivity index (χ1n) is 9.81. The molecule has 0 radical (unpaired) electrons. The Balaban J connectivity index is 1.78. The first-order chi connectivity index (χ1) is 14.7. The Morgan fingerprint density at radius 3 is 2.73 bits per heavy atom. The number of anilines is 1. The van der Waals surface area contributed by atoms with E-state index < -0.39 is 0 Å². The fraction of sp³-hybridized carbons (Fsp3) is 0.217. The molecule has 7 heteroatoms. The molecular formula is C23H20N6O. The fourth-order valence-corrected chi connectivity index (χ4v) is 4.06. The molecule has 0 saturated carbocycles. The number of fused-ring (bicyclic) bond motifs is 2. The predicted molar refractivity (Wildman–Crippen MR) is 115 cm³/mol. The molecule has 7 nitrogen and oxygen atoms in total. The van der Waals surface area contributed by atoms with Crippen LogP contribution in [0.5, 0.6) is 6.01 Å². The third-order valence-corrected chi connectivity index (χ3v) is 5.52. The summed E-state index contributed by atoms with van der Waals surface area (Å²) in [6.07, 6.45) is 7.59. The molecule has 1 aliphatic heterocycles. The maximum Gasteiger partial charge on any atom is 0.302 e. The van der Waals surface area contributed by atoms with E-state index in [9.17, 15) is 0 Å². The van der Waals surface area contributed by atoms with Crippen LogP contribution in [-0.4, -0.2) is 40.1 Å².